The van der Waals surface area contributed by atoms with Crippen LogP contribution in [0.2, 0.25) is 5.02 Å². The lowest BCUT2D eigenvalue weighted by molar-refractivity contribution is -0.145. The van der Waals surface area contributed by atoms with Gasteiger partial charge in [-0.2, -0.15) is 0 Å². The third-order valence-corrected chi connectivity index (χ3v) is 3.81. The van der Waals surface area contributed by atoms with Crippen LogP contribution in [-0.4, -0.2) is 24.3 Å². The summed E-state index contributed by atoms with van der Waals surface area (Å²) in [6.07, 6.45) is -0.737. The highest BCUT2D eigenvalue weighted by molar-refractivity contribution is 6.31. The second-order valence-corrected chi connectivity index (χ2v) is 5.26. The molecular weight excluding hydrogens is 304 g/mol. The zero-order valence-electron chi connectivity index (χ0n) is 12.4. The molecule has 5 heteroatoms. The summed E-state index contributed by atoms with van der Waals surface area (Å²) < 4.78 is 10.6. The second-order valence-electron chi connectivity index (χ2n) is 4.85. The summed E-state index contributed by atoms with van der Waals surface area (Å²) in [6.45, 7) is 1.87. The molecule has 2 aromatic rings. The molecule has 0 aliphatic rings. The van der Waals surface area contributed by atoms with E-state index in [9.17, 15) is 9.90 Å². The van der Waals surface area contributed by atoms with E-state index in [2.05, 4.69) is 0 Å². The molecule has 0 heterocycles. The second kappa shape index (κ2) is 7.18. The summed E-state index contributed by atoms with van der Waals surface area (Å²) in [5.74, 6) is 0.146. The van der Waals surface area contributed by atoms with Gasteiger partial charge >= 0.3 is 5.97 Å². The minimum absolute atomic E-state index is 0.244. The van der Waals surface area contributed by atoms with Crippen molar-refractivity contribution in [2.75, 3.05) is 7.11 Å². The van der Waals surface area contributed by atoms with Crippen molar-refractivity contribution in [1.29, 1.82) is 0 Å². The predicted octanol–water partition coefficient (Wildman–Crippen LogP) is 3.73. The highest BCUT2D eigenvalue weighted by Crippen LogP contribution is 2.23. The van der Waals surface area contributed by atoms with Gasteiger partial charge in [-0.05, 0) is 48.4 Å². The van der Waals surface area contributed by atoms with E-state index in [4.69, 9.17) is 21.1 Å². The Morgan fingerprint density at radius 3 is 2.41 bits per heavy atom. The Bertz CT molecular complexity index is 652. The molecule has 0 unspecified atom stereocenters. The van der Waals surface area contributed by atoms with E-state index >= 15 is 0 Å². The summed E-state index contributed by atoms with van der Waals surface area (Å²) in [6, 6.07) is 12.2. The van der Waals surface area contributed by atoms with Gasteiger partial charge in [0.15, 0.2) is 6.10 Å². The van der Waals surface area contributed by atoms with Crippen LogP contribution >= 0.6 is 11.6 Å². The summed E-state index contributed by atoms with van der Waals surface area (Å²) in [5, 5.41) is 9.99. The lowest BCUT2D eigenvalue weighted by atomic mass is 10.0. The summed E-state index contributed by atoms with van der Waals surface area (Å²) in [4.78, 5) is 11.4. The monoisotopic (exact) mass is 320 g/mol. The van der Waals surface area contributed by atoms with Crippen LogP contribution in [0.5, 0.6) is 11.5 Å². The van der Waals surface area contributed by atoms with Crippen molar-refractivity contribution >= 4 is 17.6 Å². The van der Waals surface area contributed by atoms with E-state index in [-0.39, 0.29) is 6.42 Å². The zero-order chi connectivity index (χ0) is 16.1. The Kier molecular flexibility index (Phi) is 5.28. The molecule has 0 aliphatic heterocycles. The maximum absolute atomic E-state index is 11.4. The van der Waals surface area contributed by atoms with Crippen LogP contribution in [0.25, 0.3) is 0 Å². The maximum atomic E-state index is 11.4. The van der Waals surface area contributed by atoms with E-state index in [1.807, 2.05) is 13.0 Å². The first-order chi connectivity index (χ1) is 10.5. The van der Waals surface area contributed by atoms with Crippen LogP contribution in [0.3, 0.4) is 0 Å². The van der Waals surface area contributed by atoms with Crippen molar-refractivity contribution in [3.8, 4) is 11.5 Å². The number of carbonyl (C=O) groups is 1. The molecule has 0 aliphatic carbocycles. The standard InChI is InChI=1S/C17H17ClO4/c1-11-12(4-3-5-15(11)18)10-16(17(19)20)22-14-8-6-13(21-2)7-9-14/h3-9,16H,10H2,1-2H3,(H,19,20)/t16-/m0/s1. The number of rotatable bonds is 6. The molecule has 0 spiro atoms. The molecule has 0 bridgehead atoms. The number of aliphatic carboxylic acids is 1. The van der Waals surface area contributed by atoms with E-state index in [0.717, 1.165) is 11.1 Å². The number of halogens is 1. The fourth-order valence-corrected chi connectivity index (χ4v) is 2.27. The van der Waals surface area contributed by atoms with Gasteiger partial charge in [0.2, 0.25) is 0 Å². The zero-order valence-corrected chi connectivity index (χ0v) is 13.1. The van der Waals surface area contributed by atoms with Crippen LogP contribution in [-0.2, 0) is 11.2 Å². The van der Waals surface area contributed by atoms with Crippen molar-refractivity contribution in [2.45, 2.75) is 19.4 Å². The van der Waals surface area contributed by atoms with E-state index in [1.54, 1.807) is 43.5 Å². The minimum atomic E-state index is -1.02. The number of ether oxygens (including phenoxy) is 2. The lowest BCUT2D eigenvalue weighted by Gasteiger charge is -2.17. The molecule has 0 saturated heterocycles. The molecular formula is C17H17ClO4. The molecule has 1 atom stereocenters. The van der Waals surface area contributed by atoms with Crippen molar-refractivity contribution in [1.82, 2.24) is 0 Å². The van der Waals surface area contributed by atoms with Gasteiger partial charge in [-0.15, -0.1) is 0 Å². The molecule has 0 amide bonds. The number of methoxy groups -OCH3 is 1. The molecule has 1 N–H and O–H groups in total. The van der Waals surface area contributed by atoms with Crippen molar-refractivity contribution in [3.05, 3.63) is 58.6 Å². The van der Waals surface area contributed by atoms with E-state index in [0.29, 0.717) is 16.5 Å². The van der Waals surface area contributed by atoms with Gasteiger partial charge in [-0.1, -0.05) is 23.7 Å². The highest BCUT2D eigenvalue weighted by Gasteiger charge is 2.21. The first kappa shape index (κ1) is 16.2. The van der Waals surface area contributed by atoms with Crippen LogP contribution in [0, 0.1) is 6.92 Å². The largest absolute Gasteiger partial charge is 0.497 e. The molecule has 22 heavy (non-hydrogen) atoms. The van der Waals surface area contributed by atoms with Gasteiger partial charge in [-0.3, -0.25) is 0 Å². The topological polar surface area (TPSA) is 55.8 Å². The van der Waals surface area contributed by atoms with E-state index in [1.165, 1.54) is 0 Å². The molecule has 2 rings (SSSR count). The third kappa shape index (κ3) is 3.92. The minimum Gasteiger partial charge on any atom is -0.497 e. The molecule has 116 valence electrons. The Morgan fingerprint density at radius 2 is 1.82 bits per heavy atom. The van der Waals surface area contributed by atoms with Crippen molar-refractivity contribution < 1.29 is 19.4 Å². The average Bonchev–Trinajstić information content (AvgIpc) is 2.51. The van der Waals surface area contributed by atoms with Crippen molar-refractivity contribution in [3.63, 3.8) is 0 Å². The summed E-state index contributed by atoms with van der Waals surface area (Å²) >= 11 is 6.07. The Labute approximate surface area is 134 Å². The number of benzene rings is 2. The fourth-order valence-electron chi connectivity index (χ4n) is 2.07. The first-order valence-corrected chi connectivity index (χ1v) is 7.16. The molecule has 0 fully saturated rings. The predicted molar refractivity (Wildman–Crippen MR) is 84.9 cm³/mol. The Balaban J connectivity index is 2.16. The van der Waals surface area contributed by atoms with Crippen LogP contribution < -0.4 is 9.47 Å². The number of carboxylic acids is 1. The SMILES string of the molecule is COc1ccc(O[C@@H](Cc2cccc(Cl)c2C)C(=O)O)cc1. The van der Waals surface area contributed by atoms with Gasteiger partial charge in [0, 0.05) is 11.4 Å². The Hall–Kier alpha value is -2.20. The number of hydrogen-bond acceptors (Lipinski definition) is 3. The quantitative estimate of drug-likeness (QED) is 0.881. The normalized spacial score (nSPS) is 11.8. The maximum Gasteiger partial charge on any atom is 0.345 e. The molecule has 0 saturated carbocycles. The van der Waals surface area contributed by atoms with Gasteiger partial charge in [0.25, 0.3) is 0 Å². The molecule has 2 aromatic carbocycles. The molecule has 0 radical (unpaired) electrons. The smallest absolute Gasteiger partial charge is 0.345 e. The highest BCUT2D eigenvalue weighted by atomic mass is 35.5. The Morgan fingerprint density at radius 1 is 1.18 bits per heavy atom. The fraction of sp³-hybridized carbons (Fsp3) is 0.235. The van der Waals surface area contributed by atoms with Gasteiger partial charge < -0.3 is 14.6 Å². The number of carboxylic acid groups (broad SMARTS) is 1. The summed E-state index contributed by atoms with van der Waals surface area (Å²) in [7, 11) is 1.57. The number of hydrogen-bond donors (Lipinski definition) is 1. The summed E-state index contributed by atoms with van der Waals surface area (Å²) in [5.41, 5.74) is 1.72. The van der Waals surface area contributed by atoms with Crippen molar-refractivity contribution in [2.24, 2.45) is 0 Å². The first-order valence-electron chi connectivity index (χ1n) is 6.78. The van der Waals surface area contributed by atoms with Gasteiger partial charge in [0.05, 0.1) is 7.11 Å². The molecule has 0 aromatic heterocycles. The van der Waals surface area contributed by atoms with Crippen LogP contribution in [0.15, 0.2) is 42.5 Å². The average molecular weight is 321 g/mol. The van der Waals surface area contributed by atoms with Gasteiger partial charge in [0.1, 0.15) is 11.5 Å². The van der Waals surface area contributed by atoms with Crippen LogP contribution in [0.1, 0.15) is 11.1 Å². The third-order valence-electron chi connectivity index (χ3n) is 3.40. The van der Waals surface area contributed by atoms with Gasteiger partial charge in [-0.25, -0.2) is 4.79 Å². The van der Waals surface area contributed by atoms with Crippen LogP contribution in [0.4, 0.5) is 0 Å². The van der Waals surface area contributed by atoms with E-state index < -0.39 is 12.1 Å². The molecule has 4 nitrogen and oxygen atoms in total. The lowest BCUT2D eigenvalue weighted by Crippen LogP contribution is -2.29.